The van der Waals surface area contributed by atoms with Crippen molar-refractivity contribution in [3.63, 3.8) is 0 Å². The Morgan fingerprint density at radius 1 is 1.24 bits per heavy atom. The zero-order valence-corrected chi connectivity index (χ0v) is 13.6. The highest BCUT2D eigenvalue weighted by molar-refractivity contribution is 14.1. The number of carbonyl (C=O) groups is 2. The number of halogens is 2. The first-order chi connectivity index (χ1) is 10.1. The molecule has 1 aromatic carbocycles. The van der Waals surface area contributed by atoms with Crippen LogP contribution in [0.5, 0.6) is 0 Å². The number of anilines is 1. The van der Waals surface area contributed by atoms with E-state index in [-0.39, 0.29) is 5.15 Å². The van der Waals surface area contributed by atoms with E-state index in [4.69, 9.17) is 16.3 Å². The van der Waals surface area contributed by atoms with E-state index in [1.54, 1.807) is 36.4 Å². The normalized spacial score (nSPS) is 10.0. The summed E-state index contributed by atoms with van der Waals surface area (Å²) in [5.74, 6) is -1.04. The van der Waals surface area contributed by atoms with Crippen LogP contribution in [0.2, 0.25) is 5.15 Å². The fourth-order valence-electron chi connectivity index (χ4n) is 1.47. The Morgan fingerprint density at radius 3 is 2.62 bits per heavy atom. The molecule has 1 N–H and O–H groups in total. The van der Waals surface area contributed by atoms with Crippen LogP contribution in [0.1, 0.15) is 10.4 Å². The number of hydrogen-bond donors (Lipinski definition) is 1. The second kappa shape index (κ2) is 7.37. The molecule has 0 spiro atoms. The number of pyridine rings is 1. The SMILES string of the molecule is O=C(COC(=O)c1ccc(I)cc1)Nc1cccnc1Cl. The van der Waals surface area contributed by atoms with E-state index < -0.39 is 18.5 Å². The molecule has 0 atom stereocenters. The van der Waals surface area contributed by atoms with Crippen molar-refractivity contribution in [2.45, 2.75) is 0 Å². The highest BCUT2D eigenvalue weighted by Crippen LogP contribution is 2.17. The van der Waals surface area contributed by atoms with E-state index in [1.807, 2.05) is 0 Å². The molecule has 0 saturated heterocycles. The van der Waals surface area contributed by atoms with Gasteiger partial charge in [0.05, 0.1) is 11.3 Å². The number of nitrogens with one attached hydrogen (secondary N) is 1. The van der Waals surface area contributed by atoms with Gasteiger partial charge in [-0.05, 0) is 59.0 Å². The molecule has 108 valence electrons. The molecule has 1 amide bonds. The smallest absolute Gasteiger partial charge is 0.338 e. The largest absolute Gasteiger partial charge is 0.452 e. The highest BCUT2D eigenvalue weighted by atomic mass is 127. The van der Waals surface area contributed by atoms with E-state index in [2.05, 4.69) is 32.9 Å². The van der Waals surface area contributed by atoms with Gasteiger partial charge in [0.2, 0.25) is 0 Å². The molecule has 1 aromatic heterocycles. The Balaban J connectivity index is 1.88. The van der Waals surface area contributed by atoms with Crippen molar-refractivity contribution in [3.8, 4) is 0 Å². The summed E-state index contributed by atoms with van der Waals surface area (Å²) in [5, 5.41) is 2.69. The quantitative estimate of drug-likeness (QED) is 0.472. The molecule has 1 heterocycles. The van der Waals surface area contributed by atoms with E-state index in [1.165, 1.54) is 6.20 Å². The number of ether oxygens (including phenoxy) is 1. The molecule has 7 heteroatoms. The number of carbonyl (C=O) groups excluding carboxylic acids is 2. The Morgan fingerprint density at radius 2 is 1.95 bits per heavy atom. The predicted octanol–water partition coefficient (Wildman–Crippen LogP) is 3.14. The standard InChI is InChI=1S/C14H10ClIN2O3/c15-13-11(2-1-7-17-13)18-12(19)8-21-14(20)9-3-5-10(16)6-4-9/h1-7H,8H2,(H,18,19). The lowest BCUT2D eigenvalue weighted by molar-refractivity contribution is -0.119. The summed E-state index contributed by atoms with van der Waals surface area (Å²) in [6.45, 7) is -0.393. The molecular formula is C14H10ClIN2O3. The lowest BCUT2D eigenvalue weighted by Crippen LogP contribution is -2.21. The summed E-state index contributed by atoms with van der Waals surface area (Å²) in [6.07, 6.45) is 1.51. The van der Waals surface area contributed by atoms with Gasteiger partial charge in [0.15, 0.2) is 11.8 Å². The van der Waals surface area contributed by atoms with Crippen LogP contribution in [0, 0.1) is 3.57 Å². The van der Waals surface area contributed by atoms with Crippen molar-refractivity contribution in [1.82, 2.24) is 4.98 Å². The van der Waals surface area contributed by atoms with E-state index >= 15 is 0 Å². The first-order valence-electron chi connectivity index (χ1n) is 5.89. The minimum atomic E-state index is -0.557. The van der Waals surface area contributed by atoms with E-state index in [9.17, 15) is 9.59 Å². The third-order valence-corrected chi connectivity index (χ3v) is 3.47. The molecule has 0 saturated carbocycles. The van der Waals surface area contributed by atoms with Crippen molar-refractivity contribution in [1.29, 1.82) is 0 Å². The second-order valence-electron chi connectivity index (χ2n) is 3.97. The van der Waals surface area contributed by atoms with E-state index in [0.29, 0.717) is 11.3 Å². The molecule has 5 nitrogen and oxygen atoms in total. The monoisotopic (exact) mass is 416 g/mol. The predicted molar refractivity (Wildman–Crippen MR) is 87.3 cm³/mol. The topological polar surface area (TPSA) is 68.3 Å². The van der Waals surface area contributed by atoms with Gasteiger partial charge < -0.3 is 10.1 Å². The molecule has 21 heavy (non-hydrogen) atoms. The molecule has 0 aliphatic carbocycles. The van der Waals surface area contributed by atoms with Gasteiger partial charge in [0.1, 0.15) is 0 Å². The molecule has 2 aromatic rings. The van der Waals surface area contributed by atoms with Gasteiger partial charge in [-0.2, -0.15) is 0 Å². The van der Waals surface area contributed by atoms with Gasteiger partial charge >= 0.3 is 5.97 Å². The highest BCUT2D eigenvalue weighted by Gasteiger charge is 2.11. The maximum absolute atomic E-state index is 11.7. The van der Waals surface area contributed by atoms with Gasteiger partial charge in [-0.1, -0.05) is 11.6 Å². The van der Waals surface area contributed by atoms with Gasteiger partial charge in [0.25, 0.3) is 5.91 Å². The molecule has 0 aliphatic rings. The Bertz CT molecular complexity index is 662. The fraction of sp³-hybridized carbons (Fsp3) is 0.0714. The third kappa shape index (κ3) is 4.68. The van der Waals surface area contributed by atoms with Gasteiger partial charge in [-0.15, -0.1) is 0 Å². The van der Waals surface area contributed by atoms with Crippen molar-refractivity contribution in [2.24, 2.45) is 0 Å². The number of aromatic nitrogens is 1. The van der Waals surface area contributed by atoms with Crippen LogP contribution in [-0.4, -0.2) is 23.5 Å². The Kier molecular flexibility index (Phi) is 5.51. The first kappa shape index (κ1) is 15.7. The summed E-state index contributed by atoms with van der Waals surface area (Å²) in [6, 6.07) is 10.1. The lowest BCUT2D eigenvalue weighted by Gasteiger charge is -2.07. The van der Waals surface area contributed by atoms with Crippen LogP contribution < -0.4 is 5.32 Å². The molecule has 0 aliphatic heterocycles. The van der Waals surface area contributed by atoms with Gasteiger partial charge in [0, 0.05) is 9.77 Å². The maximum Gasteiger partial charge on any atom is 0.338 e. The first-order valence-corrected chi connectivity index (χ1v) is 7.35. The zero-order valence-electron chi connectivity index (χ0n) is 10.7. The number of amides is 1. The van der Waals surface area contributed by atoms with Crippen LogP contribution in [0.4, 0.5) is 5.69 Å². The van der Waals surface area contributed by atoms with Crippen LogP contribution in [0.3, 0.4) is 0 Å². The van der Waals surface area contributed by atoms with Crippen LogP contribution in [0.25, 0.3) is 0 Å². The maximum atomic E-state index is 11.7. The number of esters is 1. The molecule has 0 fully saturated rings. The second-order valence-corrected chi connectivity index (χ2v) is 5.58. The fourth-order valence-corrected chi connectivity index (χ4v) is 1.99. The van der Waals surface area contributed by atoms with Crippen molar-refractivity contribution in [2.75, 3.05) is 11.9 Å². The number of rotatable bonds is 4. The Labute approximate surface area is 139 Å². The van der Waals surface area contributed by atoms with Gasteiger partial charge in [-0.25, -0.2) is 9.78 Å². The average molecular weight is 417 g/mol. The number of hydrogen-bond acceptors (Lipinski definition) is 4. The molecular weight excluding hydrogens is 407 g/mol. The van der Waals surface area contributed by atoms with Crippen molar-refractivity contribution in [3.05, 3.63) is 56.9 Å². The average Bonchev–Trinajstić information content (AvgIpc) is 2.48. The van der Waals surface area contributed by atoms with Crippen molar-refractivity contribution < 1.29 is 14.3 Å². The Hall–Kier alpha value is -1.67. The molecule has 0 bridgehead atoms. The van der Waals surface area contributed by atoms with Gasteiger partial charge in [-0.3, -0.25) is 4.79 Å². The molecule has 2 rings (SSSR count). The zero-order chi connectivity index (χ0) is 15.2. The van der Waals surface area contributed by atoms with Crippen molar-refractivity contribution >= 4 is 51.8 Å². The summed E-state index contributed by atoms with van der Waals surface area (Å²) in [4.78, 5) is 27.2. The summed E-state index contributed by atoms with van der Waals surface area (Å²) >= 11 is 7.94. The summed E-state index contributed by atoms with van der Waals surface area (Å²) in [7, 11) is 0. The lowest BCUT2D eigenvalue weighted by atomic mass is 10.2. The van der Waals surface area contributed by atoms with E-state index in [0.717, 1.165) is 3.57 Å². The number of benzene rings is 1. The molecule has 0 unspecified atom stereocenters. The minimum absolute atomic E-state index is 0.176. The van der Waals surface area contributed by atoms with Crippen LogP contribution in [-0.2, 0) is 9.53 Å². The summed E-state index contributed by atoms with van der Waals surface area (Å²) in [5.41, 5.74) is 0.761. The summed E-state index contributed by atoms with van der Waals surface area (Å²) < 4.78 is 5.93. The number of nitrogens with zero attached hydrogens (tertiary/aromatic N) is 1. The van der Waals surface area contributed by atoms with Crippen LogP contribution in [0.15, 0.2) is 42.6 Å². The minimum Gasteiger partial charge on any atom is -0.452 e. The third-order valence-electron chi connectivity index (χ3n) is 2.45. The molecule has 0 radical (unpaired) electrons. The van der Waals surface area contributed by atoms with Crippen LogP contribution >= 0.6 is 34.2 Å².